The molecule has 0 amide bonds. The Morgan fingerprint density at radius 2 is 1.93 bits per heavy atom. The average molecular weight is 222 g/mol. The van der Waals surface area contributed by atoms with Gasteiger partial charge in [0, 0.05) is 5.56 Å². The number of carbonyl (C=O) groups excluding carboxylic acids is 1. The average Bonchev–Trinajstić information content (AvgIpc) is 2.25. The van der Waals surface area contributed by atoms with Crippen molar-refractivity contribution in [2.24, 2.45) is 0 Å². The summed E-state index contributed by atoms with van der Waals surface area (Å²) >= 11 is 1.08. The number of aliphatic carboxylic acids is 1. The van der Waals surface area contributed by atoms with Gasteiger partial charge in [-0.2, -0.15) is 0 Å². The van der Waals surface area contributed by atoms with Gasteiger partial charge in [-0.3, -0.25) is 9.59 Å². The van der Waals surface area contributed by atoms with Gasteiger partial charge in [0.2, 0.25) is 0 Å². The Balaban J connectivity index is 2.46. The minimum Gasteiger partial charge on any atom is -0.481 e. The second kappa shape index (κ2) is 6.03. The fourth-order valence-corrected chi connectivity index (χ4v) is 1.39. The maximum Gasteiger partial charge on any atom is 0.313 e. The number of carbonyl (C=O) groups is 2. The number of ketones is 1. The van der Waals surface area contributed by atoms with Gasteiger partial charge in [0.1, 0.15) is 0 Å². The Morgan fingerprint density at radius 3 is 2.53 bits per heavy atom. The molecule has 0 spiro atoms. The number of benzene rings is 1. The van der Waals surface area contributed by atoms with Crippen molar-refractivity contribution in [2.45, 2.75) is 0 Å². The molecule has 1 N–H and O–H groups in total. The lowest BCUT2D eigenvalue weighted by Gasteiger charge is -1.93. The van der Waals surface area contributed by atoms with Gasteiger partial charge in [0.05, 0.1) is 5.75 Å². The number of hydrogen-bond donors (Lipinski definition) is 1. The highest BCUT2D eigenvalue weighted by Crippen LogP contribution is 2.05. The van der Waals surface area contributed by atoms with Crippen molar-refractivity contribution in [2.75, 3.05) is 5.75 Å². The van der Waals surface area contributed by atoms with Crippen LogP contribution in [-0.4, -0.2) is 22.6 Å². The third kappa shape index (κ3) is 4.46. The topological polar surface area (TPSA) is 54.4 Å². The van der Waals surface area contributed by atoms with Gasteiger partial charge >= 0.3 is 5.97 Å². The normalized spacial score (nSPS) is 10.4. The maximum atomic E-state index is 11.4. The van der Waals surface area contributed by atoms with Crippen molar-refractivity contribution < 1.29 is 14.7 Å². The summed E-state index contributed by atoms with van der Waals surface area (Å²) in [6.07, 6.45) is 1.38. The molecular weight excluding hydrogens is 212 g/mol. The van der Waals surface area contributed by atoms with Gasteiger partial charge in [-0.25, -0.2) is 0 Å². The lowest BCUT2D eigenvalue weighted by molar-refractivity contribution is -0.133. The van der Waals surface area contributed by atoms with Crippen LogP contribution in [-0.2, 0) is 4.79 Å². The Morgan fingerprint density at radius 1 is 1.27 bits per heavy atom. The van der Waals surface area contributed by atoms with Crippen molar-refractivity contribution in [3.63, 3.8) is 0 Å². The molecule has 1 aromatic carbocycles. The Kier molecular flexibility index (Phi) is 4.63. The summed E-state index contributed by atoms with van der Waals surface area (Å²) < 4.78 is 0. The predicted molar refractivity (Wildman–Crippen MR) is 60.0 cm³/mol. The van der Waals surface area contributed by atoms with E-state index in [1.165, 1.54) is 11.5 Å². The molecule has 0 aliphatic rings. The summed E-state index contributed by atoms with van der Waals surface area (Å²) in [6, 6.07) is 8.83. The van der Waals surface area contributed by atoms with E-state index < -0.39 is 5.97 Å². The molecule has 0 aliphatic heterocycles. The van der Waals surface area contributed by atoms with E-state index in [9.17, 15) is 9.59 Å². The van der Waals surface area contributed by atoms with E-state index in [1.807, 2.05) is 6.07 Å². The standard InChI is InChI=1S/C11H10O3S/c12-10(6-7-15-8-11(13)14)9-4-2-1-3-5-9/h1-7H,8H2,(H,13,14). The van der Waals surface area contributed by atoms with Crippen molar-refractivity contribution in [1.82, 2.24) is 0 Å². The quantitative estimate of drug-likeness (QED) is 0.613. The van der Waals surface area contributed by atoms with E-state index in [0.717, 1.165) is 11.8 Å². The highest BCUT2D eigenvalue weighted by molar-refractivity contribution is 8.02. The van der Waals surface area contributed by atoms with Crippen molar-refractivity contribution >= 4 is 23.5 Å². The molecule has 15 heavy (non-hydrogen) atoms. The molecule has 4 heteroatoms. The molecule has 0 saturated carbocycles. The fraction of sp³-hybridized carbons (Fsp3) is 0.0909. The molecule has 0 radical (unpaired) electrons. The maximum absolute atomic E-state index is 11.4. The molecule has 1 rings (SSSR count). The summed E-state index contributed by atoms with van der Waals surface area (Å²) in [5.74, 6) is -1.04. The summed E-state index contributed by atoms with van der Waals surface area (Å²) in [6.45, 7) is 0. The second-order valence-corrected chi connectivity index (χ2v) is 3.63. The minimum atomic E-state index is -0.892. The van der Waals surface area contributed by atoms with Crippen LogP contribution in [0.5, 0.6) is 0 Å². The van der Waals surface area contributed by atoms with Gasteiger partial charge in [-0.1, -0.05) is 30.3 Å². The molecule has 0 heterocycles. The molecule has 0 atom stereocenters. The zero-order chi connectivity index (χ0) is 11.1. The van der Waals surface area contributed by atoms with E-state index in [1.54, 1.807) is 24.3 Å². The molecular formula is C11H10O3S. The fourth-order valence-electron chi connectivity index (χ4n) is 0.928. The van der Waals surface area contributed by atoms with Gasteiger partial charge in [0.25, 0.3) is 0 Å². The molecule has 1 aromatic rings. The Bertz CT molecular complexity index is 371. The number of thioether (sulfide) groups is 1. The van der Waals surface area contributed by atoms with Crippen LogP contribution in [0, 0.1) is 0 Å². The van der Waals surface area contributed by atoms with Gasteiger partial charge in [-0.15, -0.1) is 11.8 Å². The first-order valence-corrected chi connectivity index (χ1v) is 5.34. The van der Waals surface area contributed by atoms with Gasteiger partial charge < -0.3 is 5.11 Å². The first-order chi connectivity index (χ1) is 7.20. The van der Waals surface area contributed by atoms with Crippen LogP contribution in [0.25, 0.3) is 0 Å². The predicted octanol–water partition coefficient (Wildman–Crippen LogP) is 2.20. The summed E-state index contributed by atoms with van der Waals surface area (Å²) in [4.78, 5) is 21.6. The van der Waals surface area contributed by atoms with Crippen LogP contribution in [0.3, 0.4) is 0 Å². The van der Waals surface area contributed by atoms with Crippen LogP contribution in [0.4, 0.5) is 0 Å². The highest BCUT2D eigenvalue weighted by Gasteiger charge is 1.99. The van der Waals surface area contributed by atoms with Gasteiger partial charge in [-0.05, 0) is 11.5 Å². The van der Waals surface area contributed by atoms with E-state index in [4.69, 9.17) is 5.11 Å². The van der Waals surface area contributed by atoms with E-state index >= 15 is 0 Å². The monoisotopic (exact) mass is 222 g/mol. The molecule has 3 nitrogen and oxygen atoms in total. The van der Waals surface area contributed by atoms with Gasteiger partial charge in [0.15, 0.2) is 5.78 Å². The van der Waals surface area contributed by atoms with Crippen LogP contribution in [0.15, 0.2) is 41.8 Å². The smallest absolute Gasteiger partial charge is 0.313 e. The number of carboxylic acid groups (broad SMARTS) is 1. The first-order valence-electron chi connectivity index (χ1n) is 4.29. The lowest BCUT2D eigenvalue weighted by atomic mass is 10.1. The molecule has 0 bridgehead atoms. The van der Waals surface area contributed by atoms with Crippen LogP contribution in [0.2, 0.25) is 0 Å². The largest absolute Gasteiger partial charge is 0.481 e. The van der Waals surface area contributed by atoms with Crippen LogP contribution in [0.1, 0.15) is 10.4 Å². The number of carboxylic acids is 1. The van der Waals surface area contributed by atoms with E-state index in [-0.39, 0.29) is 11.5 Å². The molecule has 78 valence electrons. The minimum absolute atomic E-state index is 0.0292. The molecule has 0 fully saturated rings. The number of allylic oxidation sites excluding steroid dienone is 1. The zero-order valence-corrected chi connectivity index (χ0v) is 8.74. The van der Waals surface area contributed by atoms with Crippen molar-refractivity contribution in [1.29, 1.82) is 0 Å². The molecule has 0 aliphatic carbocycles. The van der Waals surface area contributed by atoms with E-state index in [2.05, 4.69) is 0 Å². The number of hydrogen-bond acceptors (Lipinski definition) is 3. The Hall–Kier alpha value is -1.55. The second-order valence-electron chi connectivity index (χ2n) is 2.74. The SMILES string of the molecule is O=C(O)CSC=CC(=O)c1ccccc1. The van der Waals surface area contributed by atoms with Crippen LogP contribution < -0.4 is 0 Å². The molecule has 0 aromatic heterocycles. The van der Waals surface area contributed by atoms with Crippen LogP contribution >= 0.6 is 11.8 Å². The lowest BCUT2D eigenvalue weighted by Crippen LogP contribution is -1.96. The summed E-state index contributed by atoms with van der Waals surface area (Å²) in [5, 5.41) is 9.86. The zero-order valence-electron chi connectivity index (χ0n) is 7.92. The van der Waals surface area contributed by atoms with Crippen molar-refractivity contribution in [3.05, 3.63) is 47.4 Å². The molecule has 0 unspecified atom stereocenters. The first kappa shape index (κ1) is 11.5. The molecule has 0 saturated heterocycles. The van der Waals surface area contributed by atoms with Crippen molar-refractivity contribution in [3.8, 4) is 0 Å². The third-order valence-electron chi connectivity index (χ3n) is 1.58. The Labute approximate surface area is 91.8 Å². The summed E-state index contributed by atoms with van der Waals surface area (Å²) in [7, 11) is 0. The number of rotatable bonds is 5. The van der Waals surface area contributed by atoms with E-state index in [0.29, 0.717) is 5.56 Å². The third-order valence-corrected chi connectivity index (χ3v) is 2.32. The summed E-state index contributed by atoms with van der Waals surface area (Å²) in [5.41, 5.74) is 0.602. The highest BCUT2D eigenvalue weighted by atomic mass is 32.2.